The summed E-state index contributed by atoms with van der Waals surface area (Å²) >= 11 is 0. The molecule has 1 unspecified atom stereocenters. The molecule has 19 heavy (non-hydrogen) atoms. The summed E-state index contributed by atoms with van der Waals surface area (Å²) in [6, 6.07) is 8.18. The van der Waals surface area contributed by atoms with E-state index >= 15 is 0 Å². The van der Waals surface area contributed by atoms with E-state index in [1.807, 2.05) is 31.2 Å². The number of nitrogens with one attached hydrogen (secondary N) is 1. The smallest absolute Gasteiger partial charge is 0.254 e. The Kier molecular flexibility index (Phi) is 4.59. The first kappa shape index (κ1) is 14.1. The predicted molar refractivity (Wildman–Crippen MR) is 78.3 cm³/mol. The van der Waals surface area contributed by atoms with Gasteiger partial charge in [-0.25, -0.2) is 0 Å². The number of nitrogens with zero attached hydrogens (tertiary/aromatic N) is 1. The van der Waals surface area contributed by atoms with E-state index in [0.29, 0.717) is 5.92 Å². The summed E-state index contributed by atoms with van der Waals surface area (Å²) in [6.07, 6.45) is 1.03. The molecular formula is C16H24N2O. The van der Waals surface area contributed by atoms with Crippen LogP contribution in [0.5, 0.6) is 0 Å². The fraction of sp³-hybridized carbons (Fsp3) is 0.562. The molecule has 1 fully saturated rings. The Morgan fingerprint density at radius 2 is 2.00 bits per heavy atom. The molecule has 1 aliphatic rings. The van der Waals surface area contributed by atoms with Gasteiger partial charge >= 0.3 is 0 Å². The first-order valence-corrected chi connectivity index (χ1v) is 7.18. The van der Waals surface area contributed by atoms with Gasteiger partial charge in [0.1, 0.15) is 0 Å². The number of benzene rings is 1. The molecule has 0 spiro atoms. The molecule has 1 aliphatic heterocycles. The summed E-state index contributed by atoms with van der Waals surface area (Å²) in [7, 11) is 0. The van der Waals surface area contributed by atoms with Crippen molar-refractivity contribution in [3.8, 4) is 0 Å². The van der Waals surface area contributed by atoms with Crippen molar-refractivity contribution < 1.29 is 4.79 Å². The number of rotatable bonds is 2. The SMILES string of the molecule is Cc1ccc(C(=O)N2CCCNCC2C(C)C)cc1. The van der Waals surface area contributed by atoms with Gasteiger partial charge in [-0.1, -0.05) is 31.5 Å². The first-order valence-electron chi connectivity index (χ1n) is 7.18. The van der Waals surface area contributed by atoms with E-state index in [9.17, 15) is 4.79 Å². The normalized spacial score (nSPS) is 20.4. The molecule has 3 nitrogen and oxygen atoms in total. The van der Waals surface area contributed by atoms with E-state index in [1.54, 1.807) is 0 Å². The van der Waals surface area contributed by atoms with Gasteiger partial charge in [-0.15, -0.1) is 0 Å². The number of hydrogen-bond acceptors (Lipinski definition) is 2. The number of aryl methyl sites for hydroxylation is 1. The highest BCUT2D eigenvalue weighted by Crippen LogP contribution is 2.17. The van der Waals surface area contributed by atoms with E-state index in [0.717, 1.165) is 31.6 Å². The summed E-state index contributed by atoms with van der Waals surface area (Å²) in [5.41, 5.74) is 1.99. The minimum atomic E-state index is 0.169. The van der Waals surface area contributed by atoms with Crippen LogP contribution in [-0.4, -0.2) is 36.5 Å². The highest BCUT2D eigenvalue weighted by Gasteiger charge is 2.28. The first-order chi connectivity index (χ1) is 9.09. The van der Waals surface area contributed by atoms with Crippen molar-refractivity contribution in [2.45, 2.75) is 33.2 Å². The zero-order chi connectivity index (χ0) is 13.8. The summed E-state index contributed by atoms with van der Waals surface area (Å²) in [5, 5.41) is 3.43. The average molecular weight is 260 g/mol. The van der Waals surface area contributed by atoms with Crippen molar-refractivity contribution in [1.82, 2.24) is 10.2 Å². The van der Waals surface area contributed by atoms with Crippen molar-refractivity contribution in [1.29, 1.82) is 0 Å². The van der Waals surface area contributed by atoms with Gasteiger partial charge in [-0.05, 0) is 37.9 Å². The number of amides is 1. The van der Waals surface area contributed by atoms with E-state index in [1.165, 1.54) is 5.56 Å². The maximum Gasteiger partial charge on any atom is 0.254 e. The number of carbonyl (C=O) groups excluding carboxylic acids is 1. The van der Waals surface area contributed by atoms with Gasteiger partial charge < -0.3 is 10.2 Å². The van der Waals surface area contributed by atoms with Gasteiger partial charge in [-0.2, -0.15) is 0 Å². The van der Waals surface area contributed by atoms with E-state index < -0.39 is 0 Å². The zero-order valence-electron chi connectivity index (χ0n) is 12.1. The maximum absolute atomic E-state index is 12.7. The lowest BCUT2D eigenvalue weighted by atomic mass is 10.0. The van der Waals surface area contributed by atoms with Crippen LogP contribution in [0.3, 0.4) is 0 Å². The second-order valence-electron chi connectivity index (χ2n) is 5.73. The molecule has 1 saturated heterocycles. The molecule has 2 rings (SSSR count). The van der Waals surface area contributed by atoms with Crippen molar-refractivity contribution in [2.24, 2.45) is 5.92 Å². The Morgan fingerprint density at radius 3 is 2.63 bits per heavy atom. The molecule has 1 atom stereocenters. The molecule has 1 aromatic rings. The Morgan fingerprint density at radius 1 is 1.32 bits per heavy atom. The van der Waals surface area contributed by atoms with Crippen molar-refractivity contribution >= 4 is 5.91 Å². The topological polar surface area (TPSA) is 32.3 Å². The van der Waals surface area contributed by atoms with Crippen LogP contribution in [0.25, 0.3) is 0 Å². The molecule has 0 bridgehead atoms. The quantitative estimate of drug-likeness (QED) is 0.886. The monoisotopic (exact) mass is 260 g/mol. The van der Waals surface area contributed by atoms with Crippen LogP contribution in [0, 0.1) is 12.8 Å². The molecule has 0 saturated carbocycles. The second kappa shape index (κ2) is 6.20. The minimum Gasteiger partial charge on any atom is -0.334 e. The van der Waals surface area contributed by atoms with E-state index in [-0.39, 0.29) is 11.9 Å². The second-order valence-corrected chi connectivity index (χ2v) is 5.73. The Bertz CT molecular complexity index is 425. The van der Waals surface area contributed by atoms with Gasteiger partial charge in [0.05, 0.1) is 0 Å². The number of hydrogen-bond donors (Lipinski definition) is 1. The Balaban J connectivity index is 2.20. The summed E-state index contributed by atoms with van der Waals surface area (Å²) in [4.78, 5) is 14.7. The van der Waals surface area contributed by atoms with Crippen LogP contribution in [-0.2, 0) is 0 Å². The Hall–Kier alpha value is -1.35. The van der Waals surface area contributed by atoms with Crippen molar-refractivity contribution in [3.05, 3.63) is 35.4 Å². The molecule has 3 heteroatoms. The predicted octanol–water partition coefficient (Wildman–Crippen LogP) is 2.46. The van der Waals surface area contributed by atoms with Crippen LogP contribution >= 0.6 is 0 Å². The van der Waals surface area contributed by atoms with Gasteiger partial charge in [-0.3, -0.25) is 4.79 Å². The largest absolute Gasteiger partial charge is 0.334 e. The van der Waals surface area contributed by atoms with Crippen LogP contribution in [0.4, 0.5) is 0 Å². The average Bonchev–Trinajstić information content (AvgIpc) is 2.64. The van der Waals surface area contributed by atoms with Gasteiger partial charge in [0.2, 0.25) is 0 Å². The highest BCUT2D eigenvalue weighted by atomic mass is 16.2. The fourth-order valence-corrected chi connectivity index (χ4v) is 2.61. The van der Waals surface area contributed by atoms with Crippen LogP contribution in [0.1, 0.15) is 36.2 Å². The third-order valence-electron chi connectivity index (χ3n) is 3.84. The molecular weight excluding hydrogens is 236 g/mol. The van der Waals surface area contributed by atoms with Gasteiger partial charge in [0.15, 0.2) is 0 Å². The molecule has 1 amide bonds. The molecule has 0 radical (unpaired) electrons. The lowest BCUT2D eigenvalue weighted by molar-refractivity contribution is 0.0646. The molecule has 0 aliphatic carbocycles. The fourth-order valence-electron chi connectivity index (χ4n) is 2.61. The minimum absolute atomic E-state index is 0.169. The third kappa shape index (κ3) is 3.35. The maximum atomic E-state index is 12.7. The molecule has 1 aromatic carbocycles. The van der Waals surface area contributed by atoms with E-state index in [2.05, 4.69) is 24.1 Å². The van der Waals surface area contributed by atoms with Crippen molar-refractivity contribution in [3.63, 3.8) is 0 Å². The number of carbonyl (C=O) groups is 1. The summed E-state index contributed by atoms with van der Waals surface area (Å²) in [6.45, 7) is 9.17. The molecule has 1 heterocycles. The van der Waals surface area contributed by atoms with Crippen LogP contribution < -0.4 is 5.32 Å². The molecule has 104 valence electrons. The van der Waals surface area contributed by atoms with Gasteiger partial charge in [0, 0.05) is 24.7 Å². The lowest BCUT2D eigenvalue weighted by Gasteiger charge is -2.32. The van der Waals surface area contributed by atoms with Gasteiger partial charge in [0.25, 0.3) is 5.91 Å². The van der Waals surface area contributed by atoms with Crippen LogP contribution in [0.2, 0.25) is 0 Å². The van der Waals surface area contributed by atoms with Crippen LogP contribution in [0.15, 0.2) is 24.3 Å². The third-order valence-corrected chi connectivity index (χ3v) is 3.84. The van der Waals surface area contributed by atoms with Crippen molar-refractivity contribution in [2.75, 3.05) is 19.6 Å². The molecule has 0 aromatic heterocycles. The molecule has 1 N–H and O–H groups in total. The zero-order valence-corrected chi connectivity index (χ0v) is 12.1. The highest BCUT2D eigenvalue weighted by molar-refractivity contribution is 5.94. The summed E-state index contributed by atoms with van der Waals surface area (Å²) < 4.78 is 0. The van der Waals surface area contributed by atoms with E-state index in [4.69, 9.17) is 0 Å². The summed E-state index contributed by atoms with van der Waals surface area (Å²) in [5.74, 6) is 0.641. The standard InChI is InChI=1S/C16H24N2O/c1-12(2)15-11-17-9-4-10-18(15)16(19)14-7-5-13(3)6-8-14/h5-8,12,15,17H,4,9-11H2,1-3H3. The Labute approximate surface area is 116 Å². The lowest BCUT2D eigenvalue weighted by Crippen LogP contribution is -2.46.